The summed E-state index contributed by atoms with van der Waals surface area (Å²) in [5.41, 5.74) is 3.70. The molecule has 1 heterocycles. The Morgan fingerprint density at radius 1 is 1.19 bits per heavy atom. The summed E-state index contributed by atoms with van der Waals surface area (Å²) in [7, 11) is 0. The maximum absolute atomic E-state index is 4.58. The average molecular weight is 300 g/mol. The van der Waals surface area contributed by atoms with Crippen LogP contribution in [0.2, 0.25) is 0 Å². The molecule has 1 aromatic heterocycles. The molecule has 0 aliphatic heterocycles. The van der Waals surface area contributed by atoms with Crippen LogP contribution in [0.4, 0.5) is 0 Å². The molecule has 3 rings (SSSR count). The second-order valence-electron chi connectivity index (χ2n) is 6.02. The van der Waals surface area contributed by atoms with Gasteiger partial charge in [-0.05, 0) is 31.4 Å². The van der Waals surface area contributed by atoms with Crippen molar-refractivity contribution in [3.05, 3.63) is 40.2 Å². The third-order valence-electron chi connectivity index (χ3n) is 4.29. The van der Waals surface area contributed by atoms with Gasteiger partial charge in [-0.3, -0.25) is 0 Å². The first-order valence-corrected chi connectivity index (χ1v) is 8.94. The zero-order chi connectivity index (χ0) is 14.5. The molecule has 1 aromatic carbocycles. The van der Waals surface area contributed by atoms with E-state index in [9.17, 15) is 0 Å². The van der Waals surface area contributed by atoms with Gasteiger partial charge in [0.1, 0.15) is 0 Å². The van der Waals surface area contributed by atoms with Crippen molar-refractivity contribution in [2.45, 2.75) is 58.0 Å². The number of rotatable bonds is 4. The van der Waals surface area contributed by atoms with Gasteiger partial charge in [0.15, 0.2) is 0 Å². The molecule has 0 amide bonds. The van der Waals surface area contributed by atoms with E-state index in [0.717, 1.165) is 17.2 Å². The van der Waals surface area contributed by atoms with Gasteiger partial charge in [0.2, 0.25) is 0 Å². The summed E-state index contributed by atoms with van der Waals surface area (Å²) in [4.78, 5) is 4.58. The van der Waals surface area contributed by atoms with Crippen LogP contribution in [0.15, 0.2) is 29.6 Å². The average Bonchev–Trinajstić information content (AvgIpc) is 2.78. The van der Waals surface area contributed by atoms with Crippen LogP contribution in [-0.4, -0.2) is 11.0 Å². The van der Waals surface area contributed by atoms with Gasteiger partial charge >= 0.3 is 0 Å². The summed E-state index contributed by atoms with van der Waals surface area (Å²) in [6.07, 6.45) is 8.27. The van der Waals surface area contributed by atoms with E-state index in [1.807, 2.05) is 0 Å². The number of aryl methyl sites for hydroxylation is 1. The van der Waals surface area contributed by atoms with E-state index in [0.29, 0.717) is 6.04 Å². The number of nitrogens with one attached hydrogen (secondary N) is 1. The smallest absolute Gasteiger partial charge is 0.0901 e. The summed E-state index contributed by atoms with van der Waals surface area (Å²) in [6.45, 7) is 3.03. The minimum absolute atomic E-state index is 0.706. The second-order valence-corrected chi connectivity index (χ2v) is 7.08. The summed E-state index contributed by atoms with van der Waals surface area (Å²) < 4.78 is 0. The van der Waals surface area contributed by atoms with Gasteiger partial charge in [0.25, 0.3) is 0 Å². The van der Waals surface area contributed by atoms with Gasteiger partial charge in [0, 0.05) is 23.5 Å². The Labute approximate surface area is 131 Å². The van der Waals surface area contributed by atoms with Crippen molar-refractivity contribution >= 4 is 11.3 Å². The van der Waals surface area contributed by atoms with Crippen molar-refractivity contribution in [2.24, 2.45) is 0 Å². The van der Waals surface area contributed by atoms with E-state index in [-0.39, 0.29) is 0 Å². The lowest BCUT2D eigenvalue weighted by Crippen LogP contribution is -2.27. The highest BCUT2D eigenvalue weighted by atomic mass is 32.1. The molecule has 0 radical (unpaired) electrons. The predicted octanol–water partition coefficient (Wildman–Crippen LogP) is 4.93. The van der Waals surface area contributed by atoms with Gasteiger partial charge in [0.05, 0.1) is 10.7 Å². The van der Waals surface area contributed by atoms with E-state index in [2.05, 4.69) is 46.9 Å². The van der Waals surface area contributed by atoms with Crippen LogP contribution < -0.4 is 5.32 Å². The highest BCUT2D eigenvalue weighted by Gasteiger charge is 2.11. The Balaban J connectivity index is 1.63. The molecule has 3 heteroatoms. The van der Waals surface area contributed by atoms with Crippen LogP contribution in [0, 0.1) is 6.92 Å². The van der Waals surface area contributed by atoms with Gasteiger partial charge < -0.3 is 5.32 Å². The monoisotopic (exact) mass is 300 g/mol. The van der Waals surface area contributed by atoms with Gasteiger partial charge in [-0.25, -0.2) is 4.98 Å². The number of hydrogen-bond donors (Lipinski definition) is 1. The van der Waals surface area contributed by atoms with Crippen LogP contribution in [0.3, 0.4) is 0 Å². The van der Waals surface area contributed by atoms with Gasteiger partial charge in [-0.15, -0.1) is 11.3 Å². The number of benzene rings is 1. The maximum Gasteiger partial charge on any atom is 0.0901 e. The maximum atomic E-state index is 4.58. The molecule has 0 spiro atoms. The zero-order valence-electron chi connectivity index (χ0n) is 12.8. The Morgan fingerprint density at radius 2 is 2.00 bits per heavy atom. The number of aromatic nitrogens is 1. The fourth-order valence-corrected chi connectivity index (χ4v) is 3.70. The zero-order valence-corrected chi connectivity index (χ0v) is 13.6. The first-order chi connectivity index (χ1) is 10.3. The lowest BCUT2D eigenvalue weighted by Gasteiger charge is -2.16. The second kappa shape index (κ2) is 7.19. The molecule has 1 N–H and O–H groups in total. The quantitative estimate of drug-likeness (QED) is 0.810. The summed E-state index contributed by atoms with van der Waals surface area (Å²) >= 11 is 1.72. The molecule has 2 nitrogen and oxygen atoms in total. The standard InChI is InChI=1S/C18H24N2S/c1-14-20-18(13-21-14)16-8-6-7-15(11-16)12-19-17-9-4-2-3-5-10-17/h6-8,11,13,17,19H,2-5,9-10,12H2,1H3. The summed E-state index contributed by atoms with van der Waals surface area (Å²) in [5, 5.41) is 7.02. The number of thiazole rings is 1. The van der Waals surface area contributed by atoms with Gasteiger partial charge in [-0.2, -0.15) is 0 Å². The lowest BCUT2D eigenvalue weighted by molar-refractivity contribution is 0.459. The normalized spacial score (nSPS) is 16.8. The molecule has 1 aliphatic rings. The van der Waals surface area contributed by atoms with Crippen molar-refractivity contribution in [3.63, 3.8) is 0 Å². The molecule has 0 saturated heterocycles. The molecule has 0 unspecified atom stereocenters. The topological polar surface area (TPSA) is 24.9 Å². The highest BCUT2D eigenvalue weighted by molar-refractivity contribution is 7.09. The molecule has 2 aromatic rings. The minimum atomic E-state index is 0.706. The van der Waals surface area contributed by atoms with Crippen molar-refractivity contribution in [2.75, 3.05) is 0 Å². The summed E-state index contributed by atoms with van der Waals surface area (Å²) in [5.74, 6) is 0. The highest BCUT2D eigenvalue weighted by Crippen LogP contribution is 2.23. The largest absolute Gasteiger partial charge is 0.310 e. The fourth-order valence-electron chi connectivity index (χ4n) is 3.08. The first kappa shape index (κ1) is 14.7. The minimum Gasteiger partial charge on any atom is -0.310 e. The Kier molecular flexibility index (Phi) is 5.04. The SMILES string of the molecule is Cc1nc(-c2cccc(CNC3CCCCCC3)c2)cs1. The van der Waals surface area contributed by atoms with E-state index in [1.165, 1.54) is 49.7 Å². The Morgan fingerprint density at radius 3 is 2.71 bits per heavy atom. The Hall–Kier alpha value is -1.19. The third-order valence-corrected chi connectivity index (χ3v) is 5.07. The molecule has 0 bridgehead atoms. The molecule has 21 heavy (non-hydrogen) atoms. The molecule has 112 valence electrons. The van der Waals surface area contributed by atoms with Crippen LogP contribution in [0.5, 0.6) is 0 Å². The molecule has 1 aliphatic carbocycles. The van der Waals surface area contributed by atoms with Crippen molar-refractivity contribution in [1.82, 2.24) is 10.3 Å². The first-order valence-electron chi connectivity index (χ1n) is 8.06. The van der Waals surface area contributed by atoms with Crippen molar-refractivity contribution in [1.29, 1.82) is 0 Å². The van der Waals surface area contributed by atoms with Crippen LogP contribution in [0.1, 0.15) is 49.1 Å². The van der Waals surface area contributed by atoms with Crippen LogP contribution in [-0.2, 0) is 6.54 Å². The van der Waals surface area contributed by atoms with E-state index in [1.54, 1.807) is 11.3 Å². The van der Waals surface area contributed by atoms with Gasteiger partial charge in [-0.1, -0.05) is 43.9 Å². The lowest BCUT2D eigenvalue weighted by atomic mass is 10.1. The fraction of sp³-hybridized carbons (Fsp3) is 0.500. The van der Waals surface area contributed by atoms with Crippen LogP contribution >= 0.6 is 11.3 Å². The predicted molar refractivity (Wildman–Crippen MR) is 90.6 cm³/mol. The molecular formula is C18H24N2S. The molecule has 1 saturated carbocycles. The number of hydrogen-bond acceptors (Lipinski definition) is 3. The summed E-state index contributed by atoms with van der Waals surface area (Å²) in [6, 6.07) is 9.50. The van der Waals surface area contributed by atoms with Crippen molar-refractivity contribution < 1.29 is 0 Å². The van der Waals surface area contributed by atoms with E-state index in [4.69, 9.17) is 0 Å². The van der Waals surface area contributed by atoms with Crippen LogP contribution in [0.25, 0.3) is 11.3 Å². The molecule has 1 fully saturated rings. The Bertz CT molecular complexity index is 568. The van der Waals surface area contributed by atoms with E-state index >= 15 is 0 Å². The number of nitrogens with zero attached hydrogens (tertiary/aromatic N) is 1. The molecule has 0 atom stereocenters. The van der Waals surface area contributed by atoms with Crippen molar-refractivity contribution in [3.8, 4) is 11.3 Å². The van der Waals surface area contributed by atoms with E-state index < -0.39 is 0 Å². The molecular weight excluding hydrogens is 276 g/mol. The third kappa shape index (κ3) is 4.14.